The monoisotopic (exact) mass is 372 g/mol. The number of benzene rings is 1. The number of carbonyl (C=O) groups is 1. The molecule has 0 radical (unpaired) electrons. The maximum absolute atomic E-state index is 13.0. The van der Waals surface area contributed by atoms with E-state index >= 15 is 0 Å². The van der Waals surface area contributed by atoms with Gasteiger partial charge in [0.15, 0.2) is 0 Å². The Morgan fingerprint density at radius 1 is 1.42 bits per heavy atom. The van der Waals surface area contributed by atoms with E-state index in [4.69, 9.17) is 20.8 Å². The first-order valence-corrected chi connectivity index (χ1v) is 8.58. The van der Waals surface area contributed by atoms with E-state index < -0.39 is 0 Å². The molecule has 0 saturated carbocycles. The molecule has 1 aliphatic heterocycles. The van der Waals surface area contributed by atoms with Crippen LogP contribution in [0.4, 0.5) is 0 Å². The second kappa shape index (κ2) is 6.93. The lowest BCUT2D eigenvalue weighted by Crippen LogP contribution is -2.36. The molecular formula is C18H17ClN4O3. The summed E-state index contributed by atoms with van der Waals surface area (Å²) < 4.78 is 12.4. The highest BCUT2D eigenvalue weighted by Crippen LogP contribution is 2.25. The summed E-state index contributed by atoms with van der Waals surface area (Å²) in [5, 5.41) is 4.61. The van der Waals surface area contributed by atoms with Gasteiger partial charge < -0.3 is 14.1 Å². The van der Waals surface area contributed by atoms with Gasteiger partial charge in [-0.05, 0) is 24.3 Å². The fraction of sp³-hybridized carbons (Fsp3) is 0.278. The van der Waals surface area contributed by atoms with Gasteiger partial charge in [0, 0.05) is 32.5 Å². The van der Waals surface area contributed by atoms with Crippen molar-refractivity contribution >= 4 is 17.5 Å². The average Bonchev–Trinajstić information content (AvgIpc) is 3.30. The van der Waals surface area contributed by atoms with E-state index in [0.717, 1.165) is 17.1 Å². The molecule has 3 heterocycles. The number of halogens is 1. The molecule has 0 fully saturated rings. The van der Waals surface area contributed by atoms with E-state index in [1.165, 1.54) is 0 Å². The summed E-state index contributed by atoms with van der Waals surface area (Å²) >= 11 is 6.29. The molecule has 1 aromatic carbocycles. The molecule has 7 nitrogen and oxygen atoms in total. The molecule has 3 aromatic rings. The van der Waals surface area contributed by atoms with Crippen LogP contribution in [-0.4, -0.2) is 39.2 Å². The summed E-state index contributed by atoms with van der Waals surface area (Å²) in [6, 6.07) is 7.12. The van der Waals surface area contributed by atoms with Crippen LogP contribution < -0.4 is 0 Å². The normalized spacial score (nSPS) is 13.7. The Balaban J connectivity index is 1.59. The fourth-order valence-corrected chi connectivity index (χ4v) is 3.22. The number of fused-ring (bicyclic) bond motifs is 1. The van der Waals surface area contributed by atoms with Gasteiger partial charge in [-0.2, -0.15) is 5.10 Å². The van der Waals surface area contributed by atoms with Gasteiger partial charge in [-0.1, -0.05) is 11.6 Å². The Labute approximate surface area is 155 Å². The van der Waals surface area contributed by atoms with E-state index in [-0.39, 0.29) is 5.91 Å². The summed E-state index contributed by atoms with van der Waals surface area (Å²) in [5.41, 5.74) is 2.00. The second-order valence-corrected chi connectivity index (χ2v) is 6.41. The molecule has 2 aromatic heterocycles. The van der Waals surface area contributed by atoms with Crippen LogP contribution in [0.25, 0.3) is 5.69 Å². The van der Waals surface area contributed by atoms with Gasteiger partial charge in [0.25, 0.3) is 5.91 Å². The number of hydrogen-bond donors (Lipinski definition) is 0. The van der Waals surface area contributed by atoms with Gasteiger partial charge in [0.2, 0.25) is 5.89 Å². The van der Waals surface area contributed by atoms with Gasteiger partial charge in [-0.3, -0.25) is 4.79 Å². The molecule has 1 amide bonds. The second-order valence-electron chi connectivity index (χ2n) is 6.00. The van der Waals surface area contributed by atoms with Crippen molar-refractivity contribution in [2.75, 3.05) is 13.7 Å². The van der Waals surface area contributed by atoms with E-state index in [1.54, 1.807) is 35.0 Å². The number of aromatic nitrogens is 3. The highest BCUT2D eigenvalue weighted by Gasteiger charge is 2.27. The Morgan fingerprint density at radius 3 is 3.08 bits per heavy atom. The number of rotatable bonds is 4. The van der Waals surface area contributed by atoms with Crippen molar-refractivity contribution in [2.24, 2.45) is 0 Å². The van der Waals surface area contributed by atoms with Crippen LogP contribution in [0.15, 0.2) is 41.1 Å². The summed E-state index contributed by atoms with van der Waals surface area (Å²) in [7, 11) is 1.59. The van der Waals surface area contributed by atoms with Crippen molar-refractivity contribution in [2.45, 2.75) is 19.6 Å². The molecule has 0 saturated heterocycles. The molecule has 0 atom stereocenters. The lowest BCUT2D eigenvalue weighted by atomic mass is 10.1. The Bertz CT molecular complexity index is 936. The standard InChI is InChI=1S/C18H17ClN4O3/c1-25-11-17-21-15-10-22(8-5-16(15)26-17)18(24)13-9-12(3-4-14(13)19)23-7-2-6-20-23/h2-4,6-7,9H,5,8,10-11H2,1H3. The number of carbonyl (C=O) groups excluding carboxylic acids is 1. The zero-order valence-corrected chi connectivity index (χ0v) is 14.9. The number of ether oxygens (including phenoxy) is 1. The third kappa shape index (κ3) is 3.11. The van der Waals surface area contributed by atoms with Gasteiger partial charge in [-0.15, -0.1) is 0 Å². The molecule has 0 bridgehead atoms. The molecule has 134 valence electrons. The molecular weight excluding hydrogens is 356 g/mol. The number of methoxy groups -OCH3 is 1. The molecule has 4 rings (SSSR count). The molecule has 0 N–H and O–H groups in total. The van der Waals surface area contributed by atoms with Crippen LogP contribution in [0.3, 0.4) is 0 Å². The third-order valence-electron chi connectivity index (χ3n) is 4.28. The van der Waals surface area contributed by atoms with Crippen molar-refractivity contribution in [3.63, 3.8) is 0 Å². The number of nitrogens with zero attached hydrogens (tertiary/aromatic N) is 4. The molecule has 26 heavy (non-hydrogen) atoms. The van der Waals surface area contributed by atoms with Crippen LogP contribution in [-0.2, 0) is 24.3 Å². The fourth-order valence-electron chi connectivity index (χ4n) is 3.02. The van der Waals surface area contributed by atoms with Gasteiger partial charge >= 0.3 is 0 Å². The average molecular weight is 373 g/mol. The van der Waals surface area contributed by atoms with Crippen molar-refractivity contribution in [1.82, 2.24) is 19.7 Å². The smallest absolute Gasteiger partial charge is 0.255 e. The third-order valence-corrected chi connectivity index (χ3v) is 4.61. The lowest BCUT2D eigenvalue weighted by molar-refractivity contribution is 0.0727. The zero-order chi connectivity index (χ0) is 18.1. The molecule has 0 spiro atoms. The number of hydrogen-bond acceptors (Lipinski definition) is 5. The van der Waals surface area contributed by atoms with Crippen molar-refractivity contribution < 1.29 is 13.9 Å². The van der Waals surface area contributed by atoms with E-state index in [1.807, 2.05) is 18.3 Å². The van der Waals surface area contributed by atoms with E-state index in [0.29, 0.717) is 42.6 Å². The maximum Gasteiger partial charge on any atom is 0.255 e. The van der Waals surface area contributed by atoms with Crippen LogP contribution in [0.1, 0.15) is 27.7 Å². The minimum absolute atomic E-state index is 0.133. The first kappa shape index (κ1) is 16.8. The number of amides is 1. The summed E-state index contributed by atoms with van der Waals surface area (Å²) in [5.74, 6) is 1.22. The van der Waals surface area contributed by atoms with E-state index in [2.05, 4.69) is 10.1 Å². The van der Waals surface area contributed by atoms with Gasteiger partial charge in [-0.25, -0.2) is 9.67 Å². The summed E-state index contributed by atoms with van der Waals surface area (Å²) in [6.45, 7) is 1.26. The zero-order valence-electron chi connectivity index (χ0n) is 14.2. The molecule has 1 aliphatic rings. The minimum Gasteiger partial charge on any atom is -0.443 e. The van der Waals surface area contributed by atoms with Crippen molar-refractivity contribution in [3.05, 3.63) is 64.6 Å². The summed E-state index contributed by atoms with van der Waals surface area (Å²) in [6.07, 6.45) is 4.12. The predicted octanol–water partition coefficient (Wildman–Crippen LogP) is 2.86. The van der Waals surface area contributed by atoms with Gasteiger partial charge in [0.05, 0.1) is 22.8 Å². The topological polar surface area (TPSA) is 73.4 Å². The van der Waals surface area contributed by atoms with Crippen LogP contribution in [0, 0.1) is 0 Å². The van der Waals surface area contributed by atoms with Crippen LogP contribution in [0.5, 0.6) is 0 Å². The molecule has 8 heteroatoms. The summed E-state index contributed by atoms with van der Waals surface area (Å²) in [4.78, 5) is 19.2. The molecule has 0 unspecified atom stereocenters. The lowest BCUT2D eigenvalue weighted by Gasteiger charge is -2.26. The first-order valence-electron chi connectivity index (χ1n) is 8.21. The Kier molecular flexibility index (Phi) is 4.48. The van der Waals surface area contributed by atoms with Crippen molar-refractivity contribution in [3.8, 4) is 5.69 Å². The minimum atomic E-state index is -0.133. The van der Waals surface area contributed by atoms with E-state index in [9.17, 15) is 4.79 Å². The highest BCUT2D eigenvalue weighted by atomic mass is 35.5. The highest BCUT2D eigenvalue weighted by molar-refractivity contribution is 6.33. The van der Waals surface area contributed by atoms with Crippen molar-refractivity contribution in [1.29, 1.82) is 0 Å². The van der Waals surface area contributed by atoms with Crippen LogP contribution >= 0.6 is 11.6 Å². The quantitative estimate of drug-likeness (QED) is 0.704. The maximum atomic E-state index is 13.0. The Hall–Kier alpha value is -2.64. The van der Waals surface area contributed by atoms with Gasteiger partial charge in [0.1, 0.15) is 18.1 Å². The SMILES string of the molecule is COCc1nc2c(o1)CCN(C(=O)c1cc(-n3cccn3)ccc1Cl)C2. The first-order chi connectivity index (χ1) is 12.7. The molecule has 0 aliphatic carbocycles. The van der Waals surface area contributed by atoms with Crippen LogP contribution in [0.2, 0.25) is 5.02 Å². The predicted molar refractivity (Wildman–Crippen MR) is 94.2 cm³/mol. The largest absolute Gasteiger partial charge is 0.443 e. The number of oxazole rings is 1. The Morgan fingerprint density at radius 2 is 2.31 bits per heavy atom.